The molecule has 1 N–H and O–H groups in total. The van der Waals surface area contributed by atoms with Crippen LogP contribution in [0.2, 0.25) is 5.02 Å². The maximum atomic E-state index is 6.09. The summed E-state index contributed by atoms with van der Waals surface area (Å²) in [7, 11) is 0. The van der Waals surface area contributed by atoms with E-state index < -0.39 is 0 Å². The predicted octanol–water partition coefficient (Wildman–Crippen LogP) is 6.04. The van der Waals surface area contributed by atoms with Crippen LogP contribution in [0.25, 0.3) is 33.0 Å². The van der Waals surface area contributed by atoms with E-state index in [4.69, 9.17) is 16.6 Å². The largest absolute Gasteiger partial charge is 0.384 e. The van der Waals surface area contributed by atoms with Crippen LogP contribution < -0.4 is 5.32 Å². The first-order valence-corrected chi connectivity index (χ1v) is 12.0. The van der Waals surface area contributed by atoms with Gasteiger partial charge in [-0.05, 0) is 36.2 Å². The minimum Gasteiger partial charge on any atom is -0.384 e. The van der Waals surface area contributed by atoms with Gasteiger partial charge in [0.2, 0.25) is 5.16 Å². The van der Waals surface area contributed by atoms with Crippen molar-refractivity contribution in [1.82, 2.24) is 24.7 Å². The number of anilines is 1. The van der Waals surface area contributed by atoms with Crippen LogP contribution in [0.5, 0.6) is 0 Å². The average molecular weight is 463 g/mol. The Kier molecular flexibility index (Phi) is 5.85. The maximum absolute atomic E-state index is 6.09. The van der Waals surface area contributed by atoms with Crippen LogP contribution in [0.15, 0.2) is 59.9 Å². The lowest BCUT2D eigenvalue weighted by Gasteiger charge is -2.10. The molecule has 6 nitrogen and oxygen atoms in total. The summed E-state index contributed by atoms with van der Waals surface area (Å²) in [6, 6.07) is 16.1. The fourth-order valence-corrected chi connectivity index (χ4v) is 4.71. The molecule has 0 spiro atoms. The molecule has 3 heterocycles. The number of nitrogens with one attached hydrogen (secondary N) is 1. The molecule has 0 saturated carbocycles. The Bertz CT molecular complexity index is 1410. The maximum Gasteiger partial charge on any atom is 0.211 e. The molecule has 32 heavy (non-hydrogen) atoms. The molecule has 3 aromatic heterocycles. The second-order valence-corrected chi connectivity index (χ2v) is 9.58. The van der Waals surface area contributed by atoms with E-state index >= 15 is 0 Å². The first kappa shape index (κ1) is 21.0. The van der Waals surface area contributed by atoms with Gasteiger partial charge in [-0.3, -0.25) is 4.98 Å². The summed E-state index contributed by atoms with van der Waals surface area (Å²) in [6.07, 6.45) is 1.79. The van der Waals surface area contributed by atoms with Crippen molar-refractivity contribution < 1.29 is 0 Å². The Morgan fingerprint density at radius 2 is 1.94 bits per heavy atom. The Hall–Kier alpha value is -2.90. The molecule has 5 rings (SSSR count). The first-order chi connectivity index (χ1) is 15.6. The van der Waals surface area contributed by atoms with Crippen molar-refractivity contribution in [2.75, 3.05) is 17.6 Å². The van der Waals surface area contributed by atoms with Crippen molar-refractivity contribution >= 4 is 62.0 Å². The average Bonchev–Trinajstić information content (AvgIpc) is 3.09. The zero-order valence-corrected chi connectivity index (χ0v) is 19.5. The first-order valence-electron chi connectivity index (χ1n) is 10.6. The third-order valence-electron chi connectivity index (χ3n) is 5.26. The smallest absolute Gasteiger partial charge is 0.211 e. The molecule has 0 atom stereocenters. The molecule has 0 bridgehead atoms. The molecule has 162 valence electrons. The minimum absolute atomic E-state index is 0.509. The monoisotopic (exact) mass is 462 g/mol. The van der Waals surface area contributed by atoms with Crippen LogP contribution in [0, 0.1) is 5.92 Å². The summed E-state index contributed by atoms with van der Waals surface area (Å²) >= 11 is 7.69. The summed E-state index contributed by atoms with van der Waals surface area (Å²) in [6.45, 7) is 6.09. The van der Waals surface area contributed by atoms with Crippen molar-refractivity contribution in [3.63, 3.8) is 0 Å². The molecular formula is C24H23ClN6S. The van der Waals surface area contributed by atoms with Crippen molar-refractivity contribution in [2.45, 2.75) is 25.5 Å². The van der Waals surface area contributed by atoms with E-state index in [0.717, 1.165) is 57.5 Å². The summed E-state index contributed by atoms with van der Waals surface area (Å²) in [5, 5.41) is 15.9. The number of para-hydroxylation sites is 1. The Balaban J connectivity index is 1.33. The third kappa shape index (κ3) is 4.10. The van der Waals surface area contributed by atoms with Gasteiger partial charge < -0.3 is 9.88 Å². The molecule has 0 aliphatic heterocycles. The van der Waals surface area contributed by atoms with E-state index in [2.05, 4.69) is 57.1 Å². The van der Waals surface area contributed by atoms with E-state index in [0.29, 0.717) is 16.1 Å². The van der Waals surface area contributed by atoms with Crippen molar-refractivity contribution in [1.29, 1.82) is 0 Å². The molecule has 0 unspecified atom stereocenters. The summed E-state index contributed by atoms with van der Waals surface area (Å²) in [4.78, 5) is 9.26. The number of hydrogen-bond donors (Lipinski definition) is 1. The summed E-state index contributed by atoms with van der Waals surface area (Å²) in [5.74, 6) is 1.32. The lowest BCUT2D eigenvalue weighted by molar-refractivity contribution is 0.541. The fourth-order valence-electron chi connectivity index (χ4n) is 3.90. The Labute approximate surface area is 195 Å². The fraction of sp³-hybridized carbons (Fsp3) is 0.250. The van der Waals surface area contributed by atoms with Gasteiger partial charge in [0.25, 0.3) is 0 Å². The van der Waals surface area contributed by atoms with Crippen molar-refractivity contribution in [3.8, 4) is 0 Å². The number of hydrogen-bond acceptors (Lipinski definition) is 6. The molecule has 2 aromatic carbocycles. The predicted molar refractivity (Wildman–Crippen MR) is 134 cm³/mol. The standard InChI is InChI=1S/C24H23ClN6S/c1-15(2)14-31-21-6-4-3-5-18(21)22-23(31)28-24(30-29-22)32-12-11-27-19-9-10-26-20-13-16(25)7-8-17(19)20/h3-10,13,15H,11-12,14H2,1-2H3,(H,26,27). The number of pyridine rings is 1. The van der Waals surface area contributed by atoms with Gasteiger partial charge in [-0.25, -0.2) is 4.98 Å². The van der Waals surface area contributed by atoms with Crippen LogP contribution in [0.1, 0.15) is 13.8 Å². The van der Waals surface area contributed by atoms with Gasteiger partial charge >= 0.3 is 0 Å². The number of aromatic nitrogens is 5. The van der Waals surface area contributed by atoms with Crippen LogP contribution in [0.3, 0.4) is 0 Å². The number of thioether (sulfide) groups is 1. The van der Waals surface area contributed by atoms with Crippen molar-refractivity contribution in [2.24, 2.45) is 5.92 Å². The molecule has 0 fully saturated rings. The number of rotatable bonds is 7. The van der Waals surface area contributed by atoms with Crippen LogP contribution in [-0.4, -0.2) is 37.0 Å². The molecule has 0 aliphatic carbocycles. The highest BCUT2D eigenvalue weighted by Crippen LogP contribution is 2.28. The van der Waals surface area contributed by atoms with E-state index in [1.807, 2.05) is 30.3 Å². The SMILES string of the molecule is CC(C)Cn1c2ccccc2c2nnc(SCCNc3ccnc4cc(Cl)ccc34)nc21. The minimum atomic E-state index is 0.509. The van der Waals surface area contributed by atoms with Crippen LogP contribution in [0.4, 0.5) is 5.69 Å². The topological polar surface area (TPSA) is 68.5 Å². The van der Waals surface area contributed by atoms with Crippen LogP contribution in [-0.2, 0) is 6.54 Å². The van der Waals surface area contributed by atoms with E-state index in [-0.39, 0.29) is 0 Å². The van der Waals surface area contributed by atoms with Gasteiger partial charge in [0.15, 0.2) is 5.65 Å². The lowest BCUT2D eigenvalue weighted by atomic mass is 10.2. The van der Waals surface area contributed by atoms with E-state index in [1.54, 1.807) is 18.0 Å². The van der Waals surface area contributed by atoms with E-state index in [9.17, 15) is 0 Å². The molecule has 0 radical (unpaired) electrons. The van der Waals surface area contributed by atoms with Gasteiger partial charge in [-0.2, -0.15) is 0 Å². The number of halogens is 1. The quantitative estimate of drug-likeness (QED) is 0.235. The third-order valence-corrected chi connectivity index (χ3v) is 6.33. The van der Waals surface area contributed by atoms with Gasteiger partial charge in [0.05, 0.1) is 11.0 Å². The second-order valence-electron chi connectivity index (χ2n) is 8.08. The van der Waals surface area contributed by atoms with Crippen LogP contribution >= 0.6 is 23.4 Å². The summed E-state index contributed by atoms with van der Waals surface area (Å²) < 4.78 is 2.26. The highest BCUT2D eigenvalue weighted by atomic mass is 35.5. The number of benzene rings is 2. The lowest BCUT2D eigenvalue weighted by Crippen LogP contribution is -2.07. The molecular weight excluding hydrogens is 440 g/mol. The molecule has 0 aliphatic rings. The van der Waals surface area contributed by atoms with Gasteiger partial charge in [0.1, 0.15) is 5.52 Å². The number of nitrogens with zero attached hydrogens (tertiary/aromatic N) is 5. The number of fused-ring (bicyclic) bond motifs is 4. The normalized spacial score (nSPS) is 11.8. The molecule has 0 saturated heterocycles. The van der Waals surface area contributed by atoms with Crippen molar-refractivity contribution in [3.05, 3.63) is 59.8 Å². The molecule has 0 amide bonds. The zero-order chi connectivity index (χ0) is 22.1. The second kappa shape index (κ2) is 8.92. The Morgan fingerprint density at radius 1 is 1.06 bits per heavy atom. The Morgan fingerprint density at radius 3 is 2.81 bits per heavy atom. The zero-order valence-electron chi connectivity index (χ0n) is 17.9. The van der Waals surface area contributed by atoms with Gasteiger partial charge in [0, 0.05) is 46.5 Å². The molecule has 8 heteroatoms. The highest BCUT2D eigenvalue weighted by molar-refractivity contribution is 7.99. The van der Waals surface area contributed by atoms with E-state index in [1.165, 1.54) is 0 Å². The highest BCUT2D eigenvalue weighted by Gasteiger charge is 2.15. The van der Waals surface area contributed by atoms with Gasteiger partial charge in [-0.15, -0.1) is 10.2 Å². The van der Waals surface area contributed by atoms with Gasteiger partial charge in [-0.1, -0.05) is 55.4 Å². The summed E-state index contributed by atoms with van der Waals surface area (Å²) in [5.41, 5.74) is 4.85. The molecule has 5 aromatic rings.